The van der Waals surface area contributed by atoms with E-state index in [1.807, 2.05) is 48.5 Å². The lowest BCUT2D eigenvalue weighted by molar-refractivity contribution is 0.326. The molecule has 4 heteroatoms. The quantitative estimate of drug-likeness (QED) is 0.675. The number of benzene rings is 2. The van der Waals surface area contributed by atoms with Crippen molar-refractivity contribution >= 4 is 0 Å². The molecule has 2 rings (SSSR count). The first kappa shape index (κ1) is 17.4. The van der Waals surface area contributed by atoms with Crippen LogP contribution in [0.2, 0.25) is 0 Å². The van der Waals surface area contributed by atoms with Crippen LogP contribution in [-0.4, -0.2) is 13.2 Å². The lowest BCUT2D eigenvalue weighted by Crippen LogP contribution is -1.99. The summed E-state index contributed by atoms with van der Waals surface area (Å²) in [6.45, 7) is 2.98. The molecule has 2 aromatic carbocycles. The molecule has 0 saturated carbocycles. The highest BCUT2D eigenvalue weighted by molar-refractivity contribution is 5.37. The van der Waals surface area contributed by atoms with Gasteiger partial charge in [0.2, 0.25) is 0 Å². The van der Waals surface area contributed by atoms with Crippen LogP contribution in [0.25, 0.3) is 0 Å². The van der Waals surface area contributed by atoms with E-state index in [0.29, 0.717) is 26.1 Å². The highest BCUT2D eigenvalue weighted by Crippen LogP contribution is 2.27. The molecule has 0 saturated heterocycles. The van der Waals surface area contributed by atoms with Crippen LogP contribution in [-0.2, 0) is 0 Å². The van der Waals surface area contributed by atoms with Crippen molar-refractivity contribution in [1.29, 1.82) is 10.5 Å². The summed E-state index contributed by atoms with van der Waals surface area (Å²) in [6, 6.07) is 20.0. The monoisotopic (exact) mass is 320 g/mol. The minimum atomic E-state index is 0.256. The molecule has 0 aliphatic heterocycles. The number of nitriles is 2. The van der Waals surface area contributed by atoms with E-state index in [2.05, 4.69) is 19.1 Å². The molecule has 2 aromatic rings. The number of hydrogen-bond donors (Lipinski definition) is 0. The van der Waals surface area contributed by atoms with E-state index < -0.39 is 0 Å². The van der Waals surface area contributed by atoms with Gasteiger partial charge in [-0.25, -0.2) is 0 Å². The number of rotatable bonds is 8. The molecule has 0 N–H and O–H groups in total. The van der Waals surface area contributed by atoms with Gasteiger partial charge in [0.25, 0.3) is 0 Å². The Kier molecular flexibility index (Phi) is 6.68. The third-order valence-electron chi connectivity index (χ3n) is 3.73. The molecule has 0 unspecified atom stereocenters. The van der Waals surface area contributed by atoms with Gasteiger partial charge in [-0.2, -0.15) is 10.5 Å². The van der Waals surface area contributed by atoms with E-state index in [1.54, 1.807) is 0 Å². The van der Waals surface area contributed by atoms with Crippen LogP contribution in [0.15, 0.2) is 48.5 Å². The van der Waals surface area contributed by atoms with Crippen molar-refractivity contribution in [3.8, 4) is 23.6 Å². The van der Waals surface area contributed by atoms with E-state index >= 15 is 0 Å². The third-order valence-corrected chi connectivity index (χ3v) is 3.73. The summed E-state index contributed by atoms with van der Waals surface area (Å²) in [7, 11) is 0. The number of ether oxygens (including phenoxy) is 2. The highest BCUT2D eigenvalue weighted by atomic mass is 16.5. The molecule has 24 heavy (non-hydrogen) atoms. The summed E-state index contributed by atoms with van der Waals surface area (Å²) in [5.41, 5.74) is 2.39. The summed E-state index contributed by atoms with van der Waals surface area (Å²) in [5.74, 6) is 1.82. The SMILES string of the molecule is CC(c1ccc(OCCC#N)cc1)c1ccc(OCCC#N)cc1. The first-order valence-corrected chi connectivity index (χ1v) is 7.94. The largest absolute Gasteiger partial charge is 0.493 e. The normalized spacial score (nSPS) is 10.0. The molecule has 4 nitrogen and oxygen atoms in total. The molecule has 0 aromatic heterocycles. The fourth-order valence-corrected chi connectivity index (χ4v) is 2.33. The minimum absolute atomic E-state index is 0.256. The molecule has 0 heterocycles. The average molecular weight is 320 g/mol. The smallest absolute Gasteiger partial charge is 0.119 e. The molecule has 0 spiro atoms. The molecule has 0 aliphatic carbocycles. The predicted octanol–water partition coefficient (Wildman–Crippen LogP) is 4.42. The summed E-state index contributed by atoms with van der Waals surface area (Å²) >= 11 is 0. The second-order valence-electron chi connectivity index (χ2n) is 5.37. The fourth-order valence-electron chi connectivity index (χ4n) is 2.33. The summed E-state index contributed by atoms with van der Waals surface area (Å²) < 4.78 is 11.0. The summed E-state index contributed by atoms with van der Waals surface area (Å²) in [6.07, 6.45) is 0.780. The molecule has 0 amide bonds. The molecule has 0 aliphatic rings. The standard InChI is InChI=1S/C20H20N2O2/c1-16(17-4-8-19(9-5-17)23-14-2-12-21)18-6-10-20(11-7-18)24-15-3-13-22/h4-11,16H,2-3,14-15H2,1H3. The van der Waals surface area contributed by atoms with Crippen LogP contribution >= 0.6 is 0 Å². The average Bonchev–Trinajstić information content (AvgIpc) is 2.63. The Morgan fingerprint density at radius 1 is 0.750 bits per heavy atom. The first-order valence-electron chi connectivity index (χ1n) is 7.94. The van der Waals surface area contributed by atoms with Crippen LogP contribution in [0.4, 0.5) is 0 Å². The molecular formula is C20H20N2O2. The van der Waals surface area contributed by atoms with Crippen molar-refractivity contribution in [1.82, 2.24) is 0 Å². The van der Waals surface area contributed by atoms with Crippen molar-refractivity contribution < 1.29 is 9.47 Å². The van der Waals surface area contributed by atoms with Gasteiger partial charge in [0.15, 0.2) is 0 Å². The minimum Gasteiger partial charge on any atom is -0.493 e. The van der Waals surface area contributed by atoms with E-state index in [0.717, 1.165) is 11.5 Å². The zero-order chi connectivity index (χ0) is 17.2. The number of hydrogen-bond acceptors (Lipinski definition) is 4. The van der Waals surface area contributed by atoms with Crippen molar-refractivity contribution in [3.05, 3.63) is 59.7 Å². The lowest BCUT2D eigenvalue weighted by atomic mass is 9.93. The molecule has 0 atom stereocenters. The van der Waals surface area contributed by atoms with Gasteiger partial charge in [0.05, 0.1) is 25.0 Å². The van der Waals surface area contributed by atoms with E-state index in [4.69, 9.17) is 20.0 Å². The van der Waals surface area contributed by atoms with Gasteiger partial charge in [-0.3, -0.25) is 0 Å². The van der Waals surface area contributed by atoms with Crippen LogP contribution in [0.3, 0.4) is 0 Å². The fraction of sp³-hybridized carbons (Fsp3) is 0.300. The Labute approximate surface area is 142 Å². The van der Waals surface area contributed by atoms with Crippen LogP contribution in [0.1, 0.15) is 36.8 Å². The molecule has 0 bridgehead atoms. The maximum absolute atomic E-state index is 8.51. The van der Waals surface area contributed by atoms with Crippen molar-refractivity contribution in [2.24, 2.45) is 0 Å². The van der Waals surface area contributed by atoms with Gasteiger partial charge in [-0.05, 0) is 35.4 Å². The van der Waals surface area contributed by atoms with Gasteiger partial charge in [-0.1, -0.05) is 31.2 Å². The predicted molar refractivity (Wildman–Crippen MR) is 91.9 cm³/mol. The van der Waals surface area contributed by atoms with Gasteiger partial charge >= 0.3 is 0 Å². The highest BCUT2D eigenvalue weighted by Gasteiger charge is 2.09. The molecule has 0 radical (unpaired) electrons. The van der Waals surface area contributed by atoms with E-state index in [-0.39, 0.29) is 5.92 Å². The molecule has 122 valence electrons. The van der Waals surface area contributed by atoms with Gasteiger partial charge in [0, 0.05) is 5.92 Å². The Balaban J connectivity index is 1.96. The summed E-state index contributed by atoms with van der Waals surface area (Å²) in [5, 5.41) is 17.0. The zero-order valence-electron chi connectivity index (χ0n) is 13.7. The Bertz CT molecular complexity index is 646. The van der Waals surface area contributed by atoms with E-state index in [9.17, 15) is 0 Å². The maximum Gasteiger partial charge on any atom is 0.119 e. The van der Waals surface area contributed by atoms with Crippen molar-refractivity contribution in [3.63, 3.8) is 0 Å². The second kappa shape index (κ2) is 9.22. The number of nitrogens with zero attached hydrogens (tertiary/aromatic N) is 2. The Hall–Kier alpha value is -2.98. The zero-order valence-corrected chi connectivity index (χ0v) is 13.7. The topological polar surface area (TPSA) is 66.0 Å². The summed E-state index contributed by atoms with van der Waals surface area (Å²) in [4.78, 5) is 0. The van der Waals surface area contributed by atoms with Gasteiger partial charge < -0.3 is 9.47 Å². The Morgan fingerprint density at radius 3 is 1.46 bits per heavy atom. The van der Waals surface area contributed by atoms with Crippen LogP contribution < -0.4 is 9.47 Å². The third kappa shape index (κ3) is 5.04. The molecular weight excluding hydrogens is 300 g/mol. The van der Waals surface area contributed by atoms with Gasteiger partial charge in [-0.15, -0.1) is 0 Å². The van der Waals surface area contributed by atoms with Crippen LogP contribution in [0, 0.1) is 22.7 Å². The first-order chi connectivity index (χ1) is 11.7. The van der Waals surface area contributed by atoms with Crippen LogP contribution in [0.5, 0.6) is 11.5 Å². The van der Waals surface area contributed by atoms with E-state index in [1.165, 1.54) is 11.1 Å². The van der Waals surface area contributed by atoms with Gasteiger partial charge in [0.1, 0.15) is 24.7 Å². The van der Waals surface area contributed by atoms with Crippen molar-refractivity contribution in [2.75, 3.05) is 13.2 Å². The second-order valence-corrected chi connectivity index (χ2v) is 5.37. The Morgan fingerprint density at radius 2 is 1.12 bits per heavy atom. The lowest BCUT2D eigenvalue weighted by Gasteiger charge is -2.14. The molecule has 0 fully saturated rings. The van der Waals surface area contributed by atoms with Crippen molar-refractivity contribution in [2.45, 2.75) is 25.7 Å². The maximum atomic E-state index is 8.51.